The molecule has 0 fully saturated rings. The van der Waals surface area contributed by atoms with Gasteiger partial charge in [0.1, 0.15) is 0 Å². The lowest BCUT2D eigenvalue weighted by Gasteiger charge is -2.46. The minimum absolute atomic E-state index is 0.0185. The molecule has 11 aromatic rings. The van der Waals surface area contributed by atoms with Crippen LogP contribution in [0, 0.1) is 11.3 Å². The van der Waals surface area contributed by atoms with Crippen LogP contribution < -0.4 is 25.5 Å². The molecule has 0 unspecified atom stereocenters. The largest absolute Gasteiger partial charge is 0.310 e. The third kappa shape index (κ3) is 5.75. The molecule has 3 aliphatic heterocycles. The van der Waals surface area contributed by atoms with Crippen LogP contribution in [0.15, 0.2) is 146 Å². The van der Waals surface area contributed by atoms with Gasteiger partial charge in [0.05, 0.1) is 45.4 Å². The number of hydrogen-bond donors (Lipinski definition) is 0. The minimum Gasteiger partial charge on any atom is -0.310 e. The summed E-state index contributed by atoms with van der Waals surface area (Å²) in [5.74, 6) is 0. The van der Waals surface area contributed by atoms with Crippen molar-refractivity contribution in [2.45, 2.75) is 78.6 Å². The maximum Gasteiger partial charge on any atom is 0.264 e. The maximum atomic E-state index is 11.2. The number of nitrogens with zero attached hydrogens (tertiary/aromatic N) is 4. The van der Waals surface area contributed by atoms with Crippen molar-refractivity contribution in [2.24, 2.45) is 0 Å². The van der Waals surface area contributed by atoms with Crippen LogP contribution >= 0.6 is 22.7 Å². The fraction of sp³-hybridized carbons (Fsp3) is 0.190. The van der Waals surface area contributed by atoms with Crippen molar-refractivity contribution in [1.29, 1.82) is 5.26 Å². The van der Waals surface area contributed by atoms with E-state index in [9.17, 15) is 5.26 Å². The zero-order valence-corrected chi connectivity index (χ0v) is 42.7. The molecule has 0 bridgehead atoms. The highest BCUT2D eigenvalue weighted by molar-refractivity contribution is 7.33. The molecule has 0 amide bonds. The van der Waals surface area contributed by atoms with Gasteiger partial charge in [-0.05, 0) is 128 Å². The van der Waals surface area contributed by atoms with Gasteiger partial charge in [-0.15, -0.1) is 22.7 Å². The van der Waals surface area contributed by atoms with Crippen LogP contribution in [0.5, 0.6) is 0 Å². The van der Waals surface area contributed by atoms with Crippen molar-refractivity contribution < 1.29 is 0 Å². The fourth-order valence-electron chi connectivity index (χ4n) is 11.9. The smallest absolute Gasteiger partial charge is 0.264 e. The summed E-state index contributed by atoms with van der Waals surface area (Å²) < 4.78 is 7.71. The molecule has 0 N–H and O–H groups in total. The van der Waals surface area contributed by atoms with Gasteiger partial charge < -0.3 is 14.4 Å². The Morgan fingerprint density at radius 2 is 1.14 bits per heavy atom. The highest BCUT2D eigenvalue weighted by Gasteiger charge is 2.49. The van der Waals surface area contributed by atoms with Gasteiger partial charge in [0.2, 0.25) is 0 Å². The van der Waals surface area contributed by atoms with E-state index in [4.69, 9.17) is 0 Å². The zero-order chi connectivity index (χ0) is 47.9. The summed E-state index contributed by atoms with van der Waals surface area (Å²) in [7, 11) is 0. The van der Waals surface area contributed by atoms with Gasteiger partial charge in [-0.2, -0.15) is 5.26 Å². The Kier molecular flexibility index (Phi) is 8.39. The first kappa shape index (κ1) is 41.8. The maximum absolute atomic E-state index is 11.2. The van der Waals surface area contributed by atoms with E-state index >= 15 is 0 Å². The van der Waals surface area contributed by atoms with Gasteiger partial charge in [-0.1, -0.05) is 135 Å². The standard InChI is InChI=1S/C63H51BN4S2/c1-61(2,3)38-20-23-48-44(28-38)45-29-39(62(4,5)6)31-51-57(45)67(48)52-32-40(63(7,8)9)30-47-59(52)68(51)50-26-35(34-65)25-49-56(50)64(47)60-58(46-27-37(19-24-54(46)70-60)36-15-11-10-12-16-36)66(49)41-21-22-43-42-17-13-14-18-53(42)69-55(43)33-41/h10-33H,1-9H3. The summed E-state index contributed by atoms with van der Waals surface area (Å²) in [5, 5.41) is 17.5. The first-order valence-corrected chi connectivity index (χ1v) is 26.2. The van der Waals surface area contributed by atoms with Crippen LogP contribution in [0.25, 0.3) is 68.9 Å². The van der Waals surface area contributed by atoms with Gasteiger partial charge in [-0.3, -0.25) is 0 Å². The lowest BCUT2D eigenvalue weighted by Crippen LogP contribution is -2.61. The molecule has 0 radical (unpaired) electrons. The van der Waals surface area contributed by atoms with Crippen LogP contribution in [-0.4, -0.2) is 11.3 Å². The van der Waals surface area contributed by atoms with Crippen LogP contribution in [0.3, 0.4) is 0 Å². The molecular weight excluding hydrogens is 888 g/mol. The van der Waals surface area contributed by atoms with Gasteiger partial charge in [-0.25, -0.2) is 0 Å². The van der Waals surface area contributed by atoms with Gasteiger partial charge >= 0.3 is 0 Å². The molecule has 7 heteroatoms. The van der Waals surface area contributed by atoms with E-state index in [1.54, 1.807) is 0 Å². The summed E-state index contributed by atoms with van der Waals surface area (Å²) in [6.45, 7) is 20.9. The first-order chi connectivity index (χ1) is 33.5. The van der Waals surface area contributed by atoms with Gasteiger partial charge in [0.15, 0.2) is 0 Å². The van der Waals surface area contributed by atoms with E-state index in [0.29, 0.717) is 5.56 Å². The van der Waals surface area contributed by atoms with Crippen LogP contribution in [0.1, 0.15) is 84.6 Å². The third-order valence-corrected chi connectivity index (χ3v) is 17.9. The monoisotopic (exact) mass is 938 g/mol. The number of fused-ring (bicyclic) bond motifs is 14. The van der Waals surface area contributed by atoms with Crippen molar-refractivity contribution in [3.8, 4) is 22.9 Å². The molecule has 0 aliphatic carbocycles. The summed E-state index contributed by atoms with van der Waals surface area (Å²) in [4.78, 5) is 5.10. The molecule has 0 saturated heterocycles. The molecule has 0 saturated carbocycles. The average molecular weight is 939 g/mol. The highest BCUT2D eigenvalue weighted by atomic mass is 32.1. The molecule has 3 aromatic heterocycles. The molecule has 8 aromatic carbocycles. The van der Waals surface area contributed by atoms with Crippen molar-refractivity contribution in [3.63, 3.8) is 0 Å². The predicted molar refractivity (Wildman–Crippen MR) is 303 cm³/mol. The molecule has 3 aliphatic rings. The van der Waals surface area contributed by atoms with E-state index in [1.165, 1.54) is 113 Å². The Hall–Kier alpha value is -7.11. The Morgan fingerprint density at radius 1 is 0.471 bits per heavy atom. The first-order valence-electron chi connectivity index (χ1n) is 24.6. The van der Waals surface area contributed by atoms with Crippen molar-refractivity contribution in [2.75, 3.05) is 9.80 Å². The summed E-state index contributed by atoms with van der Waals surface area (Å²) >= 11 is 3.79. The number of nitriles is 1. The number of anilines is 6. The molecule has 338 valence electrons. The number of benzene rings is 8. The summed E-state index contributed by atoms with van der Waals surface area (Å²) in [5.41, 5.74) is 19.7. The molecule has 6 heterocycles. The molecule has 4 nitrogen and oxygen atoms in total. The topological polar surface area (TPSA) is 35.2 Å². The number of rotatable bonds is 2. The SMILES string of the molecule is CC(C)(C)c1cc2c3c(c1)-n1c4ccc(C(C)(C)C)cc4c4cc(C(C)(C)C)cc(c41)N3c1cc(C#N)cc3c1B2c1sc2ccc(-c4ccccc4)cc2c1N3c1ccc2c(c1)sc1ccccc12. The minimum atomic E-state index is -0.143. The lowest BCUT2D eigenvalue weighted by molar-refractivity contribution is 0.590. The van der Waals surface area contributed by atoms with E-state index in [2.05, 4.69) is 228 Å². The fourth-order valence-corrected chi connectivity index (χ4v) is 14.3. The van der Waals surface area contributed by atoms with Gasteiger partial charge in [0, 0.05) is 62.9 Å². The number of thiophene rings is 2. The highest BCUT2D eigenvalue weighted by Crippen LogP contribution is 2.56. The van der Waals surface area contributed by atoms with E-state index in [1.807, 2.05) is 22.7 Å². The Balaban J connectivity index is 1.15. The quantitative estimate of drug-likeness (QED) is 0.162. The van der Waals surface area contributed by atoms with Crippen LogP contribution in [-0.2, 0) is 16.2 Å². The molecule has 0 atom stereocenters. The van der Waals surface area contributed by atoms with Gasteiger partial charge in [0.25, 0.3) is 6.71 Å². The Labute approximate surface area is 417 Å². The van der Waals surface area contributed by atoms with E-state index < -0.39 is 0 Å². The Morgan fingerprint density at radius 3 is 1.90 bits per heavy atom. The van der Waals surface area contributed by atoms with E-state index in [0.717, 1.165) is 22.7 Å². The van der Waals surface area contributed by atoms with Crippen molar-refractivity contribution in [1.82, 2.24) is 4.57 Å². The van der Waals surface area contributed by atoms with Crippen LogP contribution in [0.2, 0.25) is 0 Å². The molecule has 0 spiro atoms. The van der Waals surface area contributed by atoms with Crippen LogP contribution in [0.4, 0.5) is 34.1 Å². The zero-order valence-electron chi connectivity index (χ0n) is 41.0. The third-order valence-electron chi connectivity index (χ3n) is 15.5. The number of hydrogen-bond acceptors (Lipinski definition) is 5. The average Bonchev–Trinajstić information content (AvgIpc) is 4.02. The molecule has 14 rings (SSSR count). The molecule has 70 heavy (non-hydrogen) atoms. The lowest BCUT2D eigenvalue weighted by atomic mass is 9.35. The summed E-state index contributed by atoms with van der Waals surface area (Å²) in [6.07, 6.45) is 0. The number of aromatic nitrogens is 1. The normalized spacial score (nSPS) is 14.0. The van der Waals surface area contributed by atoms with Crippen molar-refractivity contribution >= 4 is 131 Å². The molecular formula is C63H51BN4S2. The predicted octanol–water partition coefficient (Wildman–Crippen LogP) is 16.2. The second kappa shape index (κ2) is 14.0. The second-order valence-corrected chi connectivity index (χ2v) is 25.1. The Bertz CT molecular complexity index is 4160. The van der Waals surface area contributed by atoms with Crippen molar-refractivity contribution in [3.05, 3.63) is 168 Å². The summed E-state index contributed by atoms with van der Waals surface area (Å²) in [6, 6.07) is 57.8. The van der Waals surface area contributed by atoms with E-state index in [-0.39, 0.29) is 23.0 Å². The second-order valence-electron chi connectivity index (χ2n) is 23.0.